The maximum Gasteiger partial charge on any atom is 0.432 e. The van der Waals surface area contributed by atoms with E-state index >= 15 is 0 Å². The topological polar surface area (TPSA) is 32.9 Å². The van der Waals surface area contributed by atoms with Gasteiger partial charge in [-0.05, 0) is 29.8 Å². The molecule has 2 nitrogen and oxygen atoms in total. The lowest BCUT2D eigenvalue weighted by molar-refractivity contribution is -0.141. The Morgan fingerprint density at radius 3 is 2.10 bits per heavy atom. The van der Waals surface area contributed by atoms with Gasteiger partial charge in [-0.2, -0.15) is 26.3 Å². The van der Waals surface area contributed by atoms with Crippen LogP contribution in [0.2, 0.25) is 0 Å². The minimum Gasteiger partial charge on any atom is -0.350 e. The number of rotatable bonds is 1. The van der Waals surface area contributed by atoms with Crippen LogP contribution in [0.4, 0.5) is 26.3 Å². The fraction of sp³-hybridized carbons (Fsp3) is 0.182. The second kappa shape index (κ2) is 4.41. The number of halogens is 7. The largest absolute Gasteiger partial charge is 0.432 e. The Morgan fingerprint density at radius 1 is 1.05 bits per heavy atom. The summed E-state index contributed by atoms with van der Waals surface area (Å²) < 4.78 is 75.8. The average Bonchev–Trinajstić information content (AvgIpc) is 2.65. The van der Waals surface area contributed by atoms with Crippen LogP contribution in [-0.4, -0.2) is 10.2 Å². The molecule has 0 aliphatic carbocycles. The molecule has 0 unspecified atom stereocenters. The number of fused-ring (bicyclic) bond motifs is 1. The second-order valence-corrected chi connectivity index (χ2v) is 4.25. The first kappa shape index (κ1) is 14.7. The van der Waals surface area contributed by atoms with E-state index in [1.54, 1.807) is 0 Å². The fourth-order valence-electron chi connectivity index (χ4n) is 1.79. The van der Waals surface area contributed by atoms with Gasteiger partial charge in [0.05, 0.1) is 11.1 Å². The van der Waals surface area contributed by atoms with Gasteiger partial charge in [0.2, 0.25) is 0 Å². The van der Waals surface area contributed by atoms with Crippen LogP contribution in [0.5, 0.6) is 0 Å². The van der Waals surface area contributed by atoms with E-state index in [0.717, 1.165) is 6.07 Å². The molecule has 0 spiro atoms. The van der Waals surface area contributed by atoms with Crippen molar-refractivity contribution < 1.29 is 31.1 Å². The third-order valence-electron chi connectivity index (χ3n) is 2.61. The molecule has 0 fully saturated rings. The third-order valence-corrected chi connectivity index (χ3v) is 2.79. The normalized spacial score (nSPS) is 12.9. The van der Waals surface area contributed by atoms with Crippen molar-refractivity contribution in [1.82, 2.24) is 4.98 Å². The van der Waals surface area contributed by atoms with Gasteiger partial charge in [-0.3, -0.25) is 4.79 Å². The van der Waals surface area contributed by atoms with Crippen LogP contribution in [0.3, 0.4) is 0 Å². The number of alkyl halides is 6. The van der Waals surface area contributed by atoms with Crippen LogP contribution in [0.15, 0.2) is 18.2 Å². The molecule has 0 bridgehead atoms. The summed E-state index contributed by atoms with van der Waals surface area (Å²) in [7, 11) is 0. The number of carbonyl (C=O) groups is 1. The molecule has 1 N–H and O–H groups in total. The van der Waals surface area contributed by atoms with E-state index in [-0.39, 0.29) is 5.52 Å². The van der Waals surface area contributed by atoms with Crippen molar-refractivity contribution in [2.75, 3.05) is 0 Å². The summed E-state index contributed by atoms with van der Waals surface area (Å²) >= 11 is 5.06. The Hall–Kier alpha value is -1.70. The van der Waals surface area contributed by atoms with Gasteiger partial charge in [0.15, 0.2) is 0 Å². The Balaban J connectivity index is 2.81. The highest BCUT2D eigenvalue weighted by molar-refractivity contribution is 6.68. The monoisotopic (exact) mass is 315 g/mol. The lowest BCUT2D eigenvalue weighted by Crippen LogP contribution is -2.10. The van der Waals surface area contributed by atoms with Crippen molar-refractivity contribution in [1.29, 1.82) is 0 Å². The first-order valence-corrected chi connectivity index (χ1v) is 5.39. The van der Waals surface area contributed by atoms with Crippen LogP contribution in [0.25, 0.3) is 10.9 Å². The summed E-state index contributed by atoms with van der Waals surface area (Å²) in [4.78, 5) is 13.0. The molecule has 0 saturated carbocycles. The molecule has 2 rings (SSSR count). The molecule has 1 aromatic heterocycles. The van der Waals surface area contributed by atoms with Gasteiger partial charge >= 0.3 is 12.4 Å². The van der Waals surface area contributed by atoms with Crippen LogP contribution in [0, 0.1) is 0 Å². The van der Waals surface area contributed by atoms with Gasteiger partial charge in [0, 0.05) is 10.9 Å². The number of aromatic amines is 1. The number of hydrogen-bond donors (Lipinski definition) is 1. The lowest BCUT2D eigenvalue weighted by Gasteiger charge is -2.06. The smallest absolute Gasteiger partial charge is 0.350 e. The summed E-state index contributed by atoms with van der Waals surface area (Å²) in [5, 5.41) is -2.00. The summed E-state index contributed by atoms with van der Waals surface area (Å²) in [5.41, 5.74) is -3.90. The minimum atomic E-state index is -4.93. The minimum absolute atomic E-state index is 0.255. The highest BCUT2D eigenvalue weighted by Crippen LogP contribution is 2.38. The SMILES string of the molecule is O=C(Cl)c1c(C(F)(F)F)[nH]c2ccc(C(F)(F)F)cc12. The van der Waals surface area contributed by atoms with Gasteiger partial charge in [-0.15, -0.1) is 0 Å². The predicted molar refractivity (Wildman–Crippen MR) is 58.5 cm³/mol. The maximum atomic E-state index is 12.7. The van der Waals surface area contributed by atoms with Crippen LogP contribution >= 0.6 is 11.6 Å². The zero-order chi connectivity index (χ0) is 15.3. The van der Waals surface area contributed by atoms with Gasteiger partial charge in [-0.25, -0.2) is 0 Å². The molecule has 0 aliphatic heterocycles. The van der Waals surface area contributed by atoms with E-state index in [9.17, 15) is 31.1 Å². The quantitative estimate of drug-likeness (QED) is 0.606. The second-order valence-electron chi connectivity index (χ2n) is 3.90. The Kier molecular flexibility index (Phi) is 3.24. The van der Waals surface area contributed by atoms with E-state index < -0.39 is 39.8 Å². The number of carbonyl (C=O) groups excluding carboxylic acids is 1. The van der Waals surface area contributed by atoms with Crippen molar-refractivity contribution >= 4 is 27.7 Å². The van der Waals surface area contributed by atoms with Crippen LogP contribution < -0.4 is 0 Å². The van der Waals surface area contributed by atoms with Crippen molar-refractivity contribution in [2.45, 2.75) is 12.4 Å². The van der Waals surface area contributed by atoms with Crippen molar-refractivity contribution in [3.63, 3.8) is 0 Å². The van der Waals surface area contributed by atoms with Crippen LogP contribution in [-0.2, 0) is 12.4 Å². The fourth-order valence-corrected chi connectivity index (χ4v) is 1.98. The lowest BCUT2D eigenvalue weighted by atomic mass is 10.1. The third kappa shape index (κ3) is 2.47. The molecule has 0 amide bonds. The number of hydrogen-bond acceptors (Lipinski definition) is 1. The average molecular weight is 316 g/mol. The Labute approximate surface area is 112 Å². The van der Waals surface area contributed by atoms with E-state index in [4.69, 9.17) is 11.6 Å². The molecule has 0 atom stereocenters. The number of benzene rings is 1. The maximum absolute atomic E-state index is 12.7. The first-order chi connectivity index (χ1) is 9.01. The van der Waals surface area contributed by atoms with E-state index in [0.29, 0.717) is 12.1 Å². The zero-order valence-electron chi connectivity index (χ0n) is 9.29. The molecule has 1 heterocycles. The van der Waals surface area contributed by atoms with Gasteiger partial charge in [-0.1, -0.05) is 0 Å². The van der Waals surface area contributed by atoms with Gasteiger partial charge in [0.25, 0.3) is 5.24 Å². The first-order valence-electron chi connectivity index (χ1n) is 5.02. The van der Waals surface area contributed by atoms with Crippen molar-refractivity contribution in [3.05, 3.63) is 35.0 Å². The predicted octanol–water partition coefficient (Wildman–Crippen LogP) is 4.58. The van der Waals surface area contributed by atoms with Crippen LogP contribution in [0.1, 0.15) is 21.6 Å². The highest BCUT2D eigenvalue weighted by atomic mass is 35.5. The van der Waals surface area contributed by atoms with Crippen molar-refractivity contribution in [3.8, 4) is 0 Å². The zero-order valence-corrected chi connectivity index (χ0v) is 10.0. The number of aromatic nitrogens is 1. The van der Waals surface area contributed by atoms with Crippen molar-refractivity contribution in [2.24, 2.45) is 0 Å². The summed E-state index contributed by atoms with van der Waals surface area (Å²) in [6.45, 7) is 0. The summed E-state index contributed by atoms with van der Waals surface area (Å²) in [6.07, 6.45) is -9.67. The molecular formula is C11H4ClF6NO. The molecule has 2 aromatic rings. The standard InChI is InChI=1S/C11H4ClF6NO/c12-9(20)7-5-3-4(10(13,14)15)1-2-6(5)19-8(7)11(16,17)18/h1-3,19H. The molecule has 9 heteroatoms. The molecule has 0 aliphatic rings. The summed E-state index contributed by atoms with van der Waals surface area (Å²) in [6, 6.07) is 1.88. The molecule has 0 radical (unpaired) electrons. The number of nitrogens with one attached hydrogen (secondary N) is 1. The van der Waals surface area contributed by atoms with Gasteiger partial charge in [0.1, 0.15) is 5.69 Å². The molecule has 0 saturated heterocycles. The molecular weight excluding hydrogens is 312 g/mol. The molecule has 20 heavy (non-hydrogen) atoms. The molecule has 108 valence electrons. The highest BCUT2D eigenvalue weighted by Gasteiger charge is 2.39. The molecule has 1 aromatic carbocycles. The Morgan fingerprint density at radius 2 is 1.65 bits per heavy atom. The Bertz CT molecular complexity index is 685. The number of H-pyrrole nitrogens is 1. The van der Waals surface area contributed by atoms with E-state index in [2.05, 4.69) is 0 Å². The van der Waals surface area contributed by atoms with E-state index in [1.807, 2.05) is 4.98 Å². The summed E-state index contributed by atoms with van der Waals surface area (Å²) in [5.74, 6) is 0. The van der Waals surface area contributed by atoms with E-state index in [1.165, 1.54) is 0 Å². The van der Waals surface area contributed by atoms with Gasteiger partial charge < -0.3 is 4.98 Å².